The lowest BCUT2D eigenvalue weighted by Gasteiger charge is -2.48. The van der Waals surface area contributed by atoms with Crippen LogP contribution >= 0.6 is 0 Å². The van der Waals surface area contributed by atoms with Gasteiger partial charge in [-0.05, 0) is 45.1 Å². The fourth-order valence-electron chi connectivity index (χ4n) is 3.08. The zero-order valence-corrected chi connectivity index (χ0v) is 14.3. The number of nitrogens with two attached hydrogens (primary N) is 1. The number of hydrogen-bond donors (Lipinski definition) is 1. The molecule has 3 unspecified atom stereocenters. The van der Waals surface area contributed by atoms with Crippen molar-refractivity contribution in [2.24, 2.45) is 11.7 Å². The summed E-state index contributed by atoms with van der Waals surface area (Å²) in [6, 6.07) is 0.638. The number of hydrogen-bond acceptors (Lipinski definition) is 2. The lowest BCUT2D eigenvalue weighted by molar-refractivity contribution is 0.0287. The normalized spacial score (nSPS) is 18.3. The minimum absolute atomic E-state index is 0.208. The predicted molar refractivity (Wildman–Crippen MR) is 87.5 cm³/mol. The van der Waals surface area contributed by atoms with Crippen LogP contribution in [-0.2, 0) is 0 Å². The summed E-state index contributed by atoms with van der Waals surface area (Å²) in [6.45, 7) is 15.9. The van der Waals surface area contributed by atoms with Gasteiger partial charge < -0.3 is 5.73 Å². The van der Waals surface area contributed by atoms with E-state index in [0.717, 1.165) is 12.5 Å². The van der Waals surface area contributed by atoms with Crippen LogP contribution in [0.25, 0.3) is 0 Å². The molecule has 0 radical (unpaired) electrons. The molecule has 0 aromatic carbocycles. The highest BCUT2D eigenvalue weighted by atomic mass is 15.2. The smallest absolute Gasteiger partial charge is 0.0334 e. The van der Waals surface area contributed by atoms with E-state index < -0.39 is 0 Å². The maximum absolute atomic E-state index is 6.24. The van der Waals surface area contributed by atoms with Gasteiger partial charge in [-0.3, -0.25) is 4.90 Å². The molecule has 19 heavy (non-hydrogen) atoms. The lowest BCUT2D eigenvalue weighted by Crippen LogP contribution is -2.57. The van der Waals surface area contributed by atoms with Crippen molar-refractivity contribution in [2.45, 2.75) is 91.6 Å². The third kappa shape index (κ3) is 5.43. The minimum atomic E-state index is 0.208. The average molecular weight is 271 g/mol. The Morgan fingerprint density at radius 3 is 2.05 bits per heavy atom. The van der Waals surface area contributed by atoms with Gasteiger partial charge in [-0.15, -0.1) is 0 Å². The Labute approximate surface area is 122 Å². The van der Waals surface area contributed by atoms with Crippen LogP contribution < -0.4 is 5.73 Å². The van der Waals surface area contributed by atoms with Crippen molar-refractivity contribution in [3.05, 3.63) is 0 Å². The fourth-order valence-corrected chi connectivity index (χ4v) is 3.08. The highest BCUT2D eigenvalue weighted by Gasteiger charge is 2.36. The van der Waals surface area contributed by atoms with Crippen LogP contribution in [0.4, 0.5) is 0 Å². The standard InChI is InChI=1S/C17H38N2/c1-7-11-12-19(16(6)9-3)17(10-4,14-18)13-15(5)8-2/h15-16H,7-14,18H2,1-6H3. The molecule has 0 heterocycles. The third-order valence-corrected chi connectivity index (χ3v) is 4.95. The van der Waals surface area contributed by atoms with Crippen LogP contribution in [0, 0.1) is 5.92 Å². The van der Waals surface area contributed by atoms with Gasteiger partial charge in [-0.2, -0.15) is 0 Å². The molecule has 2 heteroatoms. The van der Waals surface area contributed by atoms with Crippen molar-refractivity contribution < 1.29 is 0 Å². The molecule has 0 saturated heterocycles. The Kier molecular flexibility index (Phi) is 9.72. The van der Waals surface area contributed by atoms with Gasteiger partial charge in [0.1, 0.15) is 0 Å². The first kappa shape index (κ1) is 18.9. The maximum atomic E-state index is 6.24. The summed E-state index contributed by atoms with van der Waals surface area (Å²) in [4.78, 5) is 2.72. The molecule has 2 nitrogen and oxygen atoms in total. The molecule has 0 saturated carbocycles. The SMILES string of the molecule is CCCCN(C(C)CC)C(CC)(CN)CC(C)CC. The second-order valence-corrected chi connectivity index (χ2v) is 6.30. The molecule has 0 aliphatic carbocycles. The average Bonchev–Trinajstić information content (AvgIpc) is 2.45. The van der Waals surface area contributed by atoms with E-state index in [9.17, 15) is 0 Å². The fraction of sp³-hybridized carbons (Fsp3) is 1.00. The van der Waals surface area contributed by atoms with Crippen molar-refractivity contribution in [1.29, 1.82) is 0 Å². The van der Waals surface area contributed by atoms with Crippen LogP contribution in [-0.4, -0.2) is 29.6 Å². The summed E-state index contributed by atoms with van der Waals surface area (Å²) >= 11 is 0. The van der Waals surface area contributed by atoms with E-state index in [4.69, 9.17) is 5.73 Å². The predicted octanol–water partition coefficient (Wildman–Crippen LogP) is 4.43. The van der Waals surface area contributed by atoms with E-state index in [1.54, 1.807) is 0 Å². The number of rotatable bonds is 11. The molecule has 0 amide bonds. The van der Waals surface area contributed by atoms with Gasteiger partial charge in [0, 0.05) is 18.1 Å². The molecular weight excluding hydrogens is 232 g/mol. The Morgan fingerprint density at radius 1 is 1.05 bits per heavy atom. The zero-order valence-electron chi connectivity index (χ0n) is 14.3. The van der Waals surface area contributed by atoms with E-state index >= 15 is 0 Å². The molecule has 116 valence electrons. The zero-order chi connectivity index (χ0) is 14.9. The van der Waals surface area contributed by atoms with E-state index in [-0.39, 0.29) is 5.54 Å². The molecule has 0 bridgehead atoms. The second kappa shape index (κ2) is 9.77. The van der Waals surface area contributed by atoms with Gasteiger partial charge in [0.2, 0.25) is 0 Å². The van der Waals surface area contributed by atoms with Crippen molar-refractivity contribution in [2.75, 3.05) is 13.1 Å². The van der Waals surface area contributed by atoms with Crippen LogP contribution in [0.5, 0.6) is 0 Å². The lowest BCUT2D eigenvalue weighted by atomic mass is 9.81. The van der Waals surface area contributed by atoms with E-state index in [1.807, 2.05) is 0 Å². The highest BCUT2D eigenvalue weighted by Crippen LogP contribution is 2.31. The van der Waals surface area contributed by atoms with E-state index in [0.29, 0.717) is 6.04 Å². The first-order chi connectivity index (χ1) is 9.01. The van der Waals surface area contributed by atoms with Crippen molar-refractivity contribution in [3.63, 3.8) is 0 Å². The molecule has 3 atom stereocenters. The molecular formula is C17H38N2. The van der Waals surface area contributed by atoms with Crippen LogP contribution in [0.1, 0.15) is 80.1 Å². The van der Waals surface area contributed by atoms with Gasteiger partial charge in [-0.25, -0.2) is 0 Å². The van der Waals surface area contributed by atoms with Crippen molar-refractivity contribution >= 4 is 0 Å². The van der Waals surface area contributed by atoms with Gasteiger partial charge in [0.05, 0.1) is 0 Å². The summed E-state index contributed by atoms with van der Waals surface area (Å²) < 4.78 is 0. The molecule has 0 aliphatic heterocycles. The molecule has 0 fully saturated rings. The summed E-state index contributed by atoms with van der Waals surface area (Å²) in [5.74, 6) is 0.761. The molecule has 0 rings (SSSR count). The first-order valence-electron chi connectivity index (χ1n) is 8.47. The minimum Gasteiger partial charge on any atom is -0.329 e. The van der Waals surface area contributed by atoms with Gasteiger partial charge in [-0.1, -0.05) is 47.5 Å². The highest BCUT2D eigenvalue weighted by molar-refractivity contribution is 4.94. The summed E-state index contributed by atoms with van der Waals surface area (Å²) in [7, 11) is 0. The Balaban J connectivity index is 5.10. The molecule has 2 N–H and O–H groups in total. The number of unbranched alkanes of at least 4 members (excludes halogenated alkanes) is 1. The third-order valence-electron chi connectivity index (χ3n) is 4.95. The van der Waals surface area contributed by atoms with Gasteiger partial charge in [0.15, 0.2) is 0 Å². The summed E-state index contributed by atoms with van der Waals surface area (Å²) in [6.07, 6.45) is 7.43. The Morgan fingerprint density at radius 2 is 1.68 bits per heavy atom. The molecule has 0 aromatic heterocycles. The van der Waals surface area contributed by atoms with Gasteiger partial charge >= 0.3 is 0 Å². The molecule has 0 aliphatic rings. The van der Waals surface area contributed by atoms with E-state index in [1.165, 1.54) is 45.1 Å². The van der Waals surface area contributed by atoms with Gasteiger partial charge in [0.25, 0.3) is 0 Å². The van der Waals surface area contributed by atoms with Crippen molar-refractivity contribution in [3.8, 4) is 0 Å². The summed E-state index contributed by atoms with van der Waals surface area (Å²) in [5.41, 5.74) is 6.45. The molecule has 0 aromatic rings. The topological polar surface area (TPSA) is 29.3 Å². The largest absolute Gasteiger partial charge is 0.329 e. The summed E-state index contributed by atoms with van der Waals surface area (Å²) in [5, 5.41) is 0. The Hall–Kier alpha value is -0.0800. The van der Waals surface area contributed by atoms with E-state index in [2.05, 4.69) is 46.4 Å². The van der Waals surface area contributed by atoms with Crippen molar-refractivity contribution in [1.82, 2.24) is 4.90 Å². The molecule has 0 spiro atoms. The Bertz CT molecular complexity index is 211. The first-order valence-corrected chi connectivity index (χ1v) is 8.47. The van der Waals surface area contributed by atoms with Crippen LogP contribution in [0.2, 0.25) is 0 Å². The maximum Gasteiger partial charge on any atom is 0.0334 e. The number of nitrogens with zero attached hydrogens (tertiary/aromatic N) is 1. The quantitative estimate of drug-likeness (QED) is 0.602. The van der Waals surface area contributed by atoms with Crippen LogP contribution in [0.15, 0.2) is 0 Å². The second-order valence-electron chi connectivity index (χ2n) is 6.30. The van der Waals surface area contributed by atoms with Crippen LogP contribution in [0.3, 0.4) is 0 Å². The monoisotopic (exact) mass is 270 g/mol.